The number of likely N-dealkylation sites (tertiary alicyclic amines) is 1. The first kappa shape index (κ1) is 14.9. The smallest absolute Gasteiger partial charge is 0.254 e. The van der Waals surface area contributed by atoms with Crippen LogP contribution in [0, 0.1) is 0 Å². The minimum absolute atomic E-state index is 0.155. The summed E-state index contributed by atoms with van der Waals surface area (Å²) in [5, 5.41) is 3.33. The largest absolute Gasteiger partial charge is 0.332 e. The van der Waals surface area contributed by atoms with Crippen LogP contribution < -0.4 is 5.32 Å². The first-order valence-corrected chi connectivity index (χ1v) is 8.90. The second-order valence-corrected chi connectivity index (χ2v) is 7.21. The van der Waals surface area contributed by atoms with Crippen LogP contribution in [-0.4, -0.2) is 17.4 Å². The Bertz CT molecular complexity index is 759. The number of rotatable bonds is 2. The van der Waals surface area contributed by atoms with E-state index in [1.165, 1.54) is 16.7 Å². The predicted molar refractivity (Wildman–Crippen MR) is 94.1 cm³/mol. The van der Waals surface area contributed by atoms with Gasteiger partial charge in [0.05, 0.1) is 6.04 Å². The van der Waals surface area contributed by atoms with E-state index in [9.17, 15) is 4.79 Å². The number of amides is 1. The summed E-state index contributed by atoms with van der Waals surface area (Å²) < 4.78 is 1.07. The van der Waals surface area contributed by atoms with Gasteiger partial charge in [0.2, 0.25) is 0 Å². The van der Waals surface area contributed by atoms with E-state index in [-0.39, 0.29) is 11.9 Å². The Morgan fingerprint density at radius 3 is 2.87 bits per heavy atom. The van der Waals surface area contributed by atoms with E-state index in [0.29, 0.717) is 0 Å². The second kappa shape index (κ2) is 6.10. The summed E-state index contributed by atoms with van der Waals surface area (Å²) in [5.74, 6) is 0.155. The summed E-state index contributed by atoms with van der Waals surface area (Å²) >= 11 is 3.53. The highest BCUT2D eigenvalue weighted by Crippen LogP contribution is 2.34. The van der Waals surface area contributed by atoms with Crippen molar-refractivity contribution in [2.45, 2.75) is 32.0 Å². The van der Waals surface area contributed by atoms with Crippen molar-refractivity contribution in [3.63, 3.8) is 0 Å². The molecule has 2 heterocycles. The monoisotopic (exact) mass is 370 g/mol. The van der Waals surface area contributed by atoms with Crippen LogP contribution in [0.25, 0.3) is 0 Å². The van der Waals surface area contributed by atoms with Gasteiger partial charge >= 0.3 is 0 Å². The molecular formula is C19H19BrN2O. The standard InChI is InChI=1S/C19H19BrN2O/c20-17-4-1-3-13(10-17)18-5-2-8-22(18)19(23)14-6-7-15-11-21-12-16(15)9-14/h1,3-4,6-7,9-10,18,21H,2,5,8,11-12H2. The Balaban J connectivity index is 1.62. The van der Waals surface area contributed by atoms with Crippen LogP contribution in [0.1, 0.15) is 45.9 Å². The van der Waals surface area contributed by atoms with Crippen LogP contribution in [0.3, 0.4) is 0 Å². The van der Waals surface area contributed by atoms with Crippen molar-refractivity contribution in [2.75, 3.05) is 6.54 Å². The third kappa shape index (κ3) is 2.81. The quantitative estimate of drug-likeness (QED) is 0.865. The lowest BCUT2D eigenvalue weighted by molar-refractivity contribution is 0.0735. The SMILES string of the molecule is O=C(c1ccc2c(c1)CNC2)N1CCCC1c1cccc(Br)c1. The van der Waals surface area contributed by atoms with Gasteiger partial charge in [-0.1, -0.05) is 34.1 Å². The van der Waals surface area contributed by atoms with Crippen LogP contribution in [0.15, 0.2) is 46.9 Å². The minimum atomic E-state index is 0.155. The van der Waals surface area contributed by atoms with Gasteiger partial charge in [-0.25, -0.2) is 0 Å². The normalized spacial score (nSPS) is 19.9. The highest BCUT2D eigenvalue weighted by Gasteiger charge is 2.31. The first-order chi connectivity index (χ1) is 11.2. The zero-order valence-corrected chi connectivity index (χ0v) is 14.5. The van der Waals surface area contributed by atoms with E-state index in [0.717, 1.165) is 42.5 Å². The molecule has 4 rings (SSSR count). The van der Waals surface area contributed by atoms with Gasteiger partial charge < -0.3 is 10.2 Å². The van der Waals surface area contributed by atoms with Crippen LogP contribution in [0.4, 0.5) is 0 Å². The van der Waals surface area contributed by atoms with Gasteiger partial charge in [-0.2, -0.15) is 0 Å². The molecule has 2 aliphatic rings. The second-order valence-electron chi connectivity index (χ2n) is 6.30. The Hall–Kier alpha value is -1.65. The number of nitrogens with one attached hydrogen (secondary N) is 1. The molecule has 2 aromatic carbocycles. The predicted octanol–water partition coefficient (Wildman–Crippen LogP) is 4.03. The molecule has 1 fully saturated rings. The van der Waals surface area contributed by atoms with Gasteiger partial charge in [-0.15, -0.1) is 0 Å². The van der Waals surface area contributed by atoms with Crippen LogP contribution in [-0.2, 0) is 13.1 Å². The van der Waals surface area contributed by atoms with Gasteiger partial charge in [0, 0.05) is 29.7 Å². The molecule has 1 N–H and O–H groups in total. The molecule has 23 heavy (non-hydrogen) atoms. The fourth-order valence-corrected chi connectivity index (χ4v) is 4.08. The topological polar surface area (TPSA) is 32.3 Å². The van der Waals surface area contributed by atoms with Gasteiger partial charge in [-0.05, 0) is 53.8 Å². The first-order valence-electron chi connectivity index (χ1n) is 8.11. The van der Waals surface area contributed by atoms with Crippen molar-refractivity contribution in [3.8, 4) is 0 Å². The van der Waals surface area contributed by atoms with Crippen LogP contribution in [0.5, 0.6) is 0 Å². The molecule has 2 aliphatic heterocycles. The summed E-state index contributed by atoms with van der Waals surface area (Å²) in [6.45, 7) is 2.62. The molecule has 1 saturated heterocycles. The minimum Gasteiger partial charge on any atom is -0.332 e. The highest BCUT2D eigenvalue weighted by molar-refractivity contribution is 9.10. The van der Waals surface area contributed by atoms with Gasteiger partial charge in [0.1, 0.15) is 0 Å². The molecule has 1 atom stereocenters. The van der Waals surface area contributed by atoms with Crippen molar-refractivity contribution in [1.82, 2.24) is 10.2 Å². The van der Waals surface area contributed by atoms with Crippen molar-refractivity contribution in [1.29, 1.82) is 0 Å². The lowest BCUT2D eigenvalue weighted by Crippen LogP contribution is -2.30. The summed E-state index contributed by atoms with van der Waals surface area (Å²) in [6, 6.07) is 14.6. The lowest BCUT2D eigenvalue weighted by Gasteiger charge is -2.25. The average Bonchev–Trinajstić information content (AvgIpc) is 3.22. The Morgan fingerprint density at radius 2 is 2.00 bits per heavy atom. The maximum Gasteiger partial charge on any atom is 0.254 e. The Kier molecular flexibility index (Phi) is 3.95. The third-order valence-corrected chi connectivity index (χ3v) is 5.32. The number of nitrogens with zero attached hydrogens (tertiary/aromatic N) is 1. The van der Waals surface area contributed by atoms with Crippen molar-refractivity contribution >= 4 is 21.8 Å². The van der Waals surface area contributed by atoms with Crippen LogP contribution in [0.2, 0.25) is 0 Å². The highest BCUT2D eigenvalue weighted by atomic mass is 79.9. The molecule has 0 bridgehead atoms. The molecule has 2 aromatic rings. The van der Waals surface area contributed by atoms with Gasteiger partial charge in [0.15, 0.2) is 0 Å². The number of fused-ring (bicyclic) bond motifs is 1. The molecule has 118 valence electrons. The van der Waals surface area contributed by atoms with Crippen molar-refractivity contribution in [3.05, 3.63) is 69.2 Å². The van der Waals surface area contributed by atoms with E-state index < -0.39 is 0 Å². The molecule has 4 heteroatoms. The maximum absolute atomic E-state index is 13.0. The number of hydrogen-bond donors (Lipinski definition) is 1. The van der Waals surface area contributed by atoms with Gasteiger partial charge in [0.25, 0.3) is 5.91 Å². The fourth-order valence-electron chi connectivity index (χ4n) is 3.66. The lowest BCUT2D eigenvalue weighted by atomic mass is 10.0. The summed E-state index contributed by atoms with van der Waals surface area (Å²) in [4.78, 5) is 15.0. The summed E-state index contributed by atoms with van der Waals surface area (Å²) in [7, 11) is 0. The van der Waals surface area contributed by atoms with Crippen LogP contribution >= 0.6 is 15.9 Å². The summed E-state index contributed by atoms with van der Waals surface area (Å²) in [5.41, 5.74) is 4.60. The molecule has 0 aromatic heterocycles. The van der Waals surface area contributed by atoms with Crippen molar-refractivity contribution < 1.29 is 4.79 Å². The van der Waals surface area contributed by atoms with E-state index >= 15 is 0 Å². The molecule has 1 amide bonds. The fraction of sp³-hybridized carbons (Fsp3) is 0.316. The molecule has 1 unspecified atom stereocenters. The summed E-state index contributed by atoms with van der Waals surface area (Å²) in [6.07, 6.45) is 2.10. The Morgan fingerprint density at radius 1 is 1.13 bits per heavy atom. The molecule has 3 nitrogen and oxygen atoms in total. The molecule has 0 saturated carbocycles. The zero-order valence-electron chi connectivity index (χ0n) is 12.9. The number of carbonyl (C=O) groups excluding carboxylic acids is 1. The number of hydrogen-bond acceptors (Lipinski definition) is 2. The third-order valence-electron chi connectivity index (χ3n) is 4.83. The number of halogens is 1. The maximum atomic E-state index is 13.0. The molecule has 0 aliphatic carbocycles. The van der Waals surface area contributed by atoms with E-state index in [2.05, 4.69) is 45.5 Å². The van der Waals surface area contributed by atoms with Gasteiger partial charge in [-0.3, -0.25) is 4.79 Å². The van der Waals surface area contributed by atoms with Crippen molar-refractivity contribution in [2.24, 2.45) is 0 Å². The number of benzene rings is 2. The van der Waals surface area contributed by atoms with E-state index in [1.54, 1.807) is 0 Å². The molecule has 0 radical (unpaired) electrons. The van der Waals surface area contributed by atoms with E-state index in [4.69, 9.17) is 0 Å². The zero-order chi connectivity index (χ0) is 15.8. The number of carbonyl (C=O) groups is 1. The average molecular weight is 371 g/mol. The van der Waals surface area contributed by atoms with E-state index in [1.807, 2.05) is 23.1 Å². The molecular weight excluding hydrogens is 352 g/mol. The Labute approximate surface area is 144 Å². The molecule has 0 spiro atoms.